The topological polar surface area (TPSA) is 102 Å². The van der Waals surface area contributed by atoms with Gasteiger partial charge in [0.15, 0.2) is 0 Å². The van der Waals surface area contributed by atoms with Gasteiger partial charge in [-0.25, -0.2) is 8.42 Å². The van der Waals surface area contributed by atoms with Crippen LogP contribution in [0.25, 0.3) is 0 Å². The lowest BCUT2D eigenvalue weighted by Crippen LogP contribution is -2.49. The summed E-state index contributed by atoms with van der Waals surface area (Å²) in [5.41, 5.74) is 1.28. The Morgan fingerprint density at radius 3 is 2.08 bits per heavy atom. The fraction of sp³-hybridized carbons (Fsp3) is 0.333. The average molecular weight is 549 g/mol. The standard InChI is InChI=1S/C30H32N2O6S/c1-37-30(34)26-25(21-12-5-2-6-13-21)28(29(33)31-20-23-16-11-19-38-23)32(27(26)22-14-7-3-8-15-22)39(35,36)24-17-9-4-10-18-24/h2-10,12-15,17-18,23,25-28H,11,16,19-20H2,1H3,(H,31,33). The van der Waals surface area contributed by atoms with Crippen LogP contribution in [0.1, 0.15) is 35.9 Å². The summed E-state index contributed by atoms with van der Waals surface area (Å²) in [6.07, 6.45) is 1.59. The van der Waals surface area contributed by atoms with Gasteiger partial charge in [-0.1, -0.05) is 78.9 Å². The summed E-state index contributed by atoms with van der Waals surface area (Å²) in [5, 5.41) is 2.95. The van der Waals surface area contributed by atoms with Crippen molar-refractivity contribution in [3.63, 3.8) is 0 Å². The third-order valence-corrected chi connectivity index (χ3v) is 9.41. The molecule has 3 aromatic rings. The quantitative estimate of drug-likeness (QED) is 0.431. The lowest BCUT2D eigenvalue weighted by Gasteiger charge is -2.30. The molecule has 5 unspecified atom stereocenters. The molecule has 2 aliphatic heterocycles. The average Bonchev–Trinajstić information content (AvgIpc) is 3.64. The molecule has 2 heterocycles. The first-order valence-electron chi connectivity index (χ1n) is 13.1. The largest absolute Gasteiger partial charge is 0.469 e. The van der Waals surface area contributed by atoms with Gasteiger partial charge < -0.3 is 14.8 Å². The van der Waals surface area contributed by atoms with Gasteiger partial charge in [0.25, 0.3) is 0 Å². The zero-order valence-electron chi connectivity index (χ0n) is 21.7. The Kier molecular flexibility index (Phi) is 8.11. The molecule has 0 bridgehead atoms. The van der Waals surface area contributed by atoms with Crippen LogP contribution in [-0.2, 0) is 29.1 Å². The Morgan fingerprint density at radius 1 is 0.923 bits per heavy atom. The molecular formula is C30H32N2O6S. The molecule has 39 heavy (non-hydrogen) atoms. The highest BCUT2D eigenvalue weighted by Gasteiger charge is 2.60. The lowest BCUT2D eigenvalue weighted by atomic mass is 9.80. The van der Waals surface area contributed by atoms with E-state index in [0.29, 0.717) is 17.7 Å². The highest BCUT2D eigenvalue weighted by Crippen LogP contribution is 2.52. The second kappa shape index (κ2) is 11.7. The Labute approximate surface area is 229 Å². The molecule has 1 N–H and O–H groups in total. The first-order valence-corrected chi connectivity index (χ1v) is 14.5. The zero-order chi connectivity index (χ0) is 27.4. The van der Waals surface area contributed by atoms with E-state index in [4.69, 9.17) is 9.47 Å². The number of sulfonamides is 1. The van der Waals surface area contributed by atoms with Gasteiger partial charge in [0.2, 0.25) is 15.9 Å². The molecule has 2 fully saturated rings. The highest BCUT2D eigenvalue weighted by molar-refractivity contribution is 7.89. The molecule has 0 aromatic heterocycles. The van der Waals surface area contributed by atoms with E-state index >= 15 is 0 Å². The number of rotatable bonds is 8. The summed E-state index contributed by atoms with van der Waals surface area (Å²) in [7, 11) is -2.96. The third kappa shape index (κ3) is 5.34. The number of nitrogens with one attached hydrogen (secondary N) is 1. The maximum Gasteiger partial charge on any atom is 0.311 e. The van der Waals surface area contributed by atoms with Crippen molar-refractivity contribution >= 4 is 21.9 Å². The van der Waals surface area contributed by atoms with Crippen molar-refractivity contribution in [1.29, 1.82) is 0 Å². The second-order valence-corrected chi connectivity index (χ2v) is 11.7. The van der Waals surface area contributed by atoms with Crippen molar-refractivity contribution in [3.05, 3.63) is 102 Å². The van der Waals surface area contributed by atoms with Crippen LogP contribution in [0.15, 0.2) is 95.9 Å². The first kappa shape index (κ1) is 27.1. The first-order chi connectivity index (χ1) is 18.9. The predicted octanol–water partition coefficient (Wildman–Crippen LogP) is 3.67. The number of amides is 1. The van der Waals surface area contributed by atoms with Gasteiger partial charge in [0.1, 0.15) is 6.04 Å². The van der Waals surface area contributed by atoms with Crippen molar-refractivity contribution in [2.45, 2.75) is 41.8 Å². The second-order valence-electron chi connectivity index (χ2n) is 9.81. The van der Waals surface area contributed by atoms with Crippen LogP contribution in [0, 0.1) is 5.92 Å². The summed E-state index contributed by atoms with van der Waals surface area (Å²) in [6.45, 7) is 0.889. The molecule has 5 atom stereocenters. The fourth-order valence-corrected chi connectivity index (χ4v) is 7.60. The van der Waals surface area contributed by atoms with E-state index in [1.807, 2.05) is 36.4 Å². The molecule has 2 aliphatic rings. The van der Waals surface area contributed by atoms with Crippen molar-refractivity contribution in [1.82, 2.24) is 9.62 Å². The van der Waals surface area contributed by atoms with Gasteiger partial charge >= 0.3 is 5.97 Å². The van der Waals surface area contributed by atoms with E-state index in [2.05, 4.69) is 5.32 Å². The molecule has 0 radical (unpaired) electrons. The molecule has 3 aromatic carbocycles. The summed E-state index contributed by atoms with van der Waals surface area (Å²) in [6, 6.07) is 23.9. The molecule has 5 rings (SSSR count). The molecule has 0 aliphatic carbocycles. The van der Waals surface area contributed by atoms with Gasteiger partial charge in [-0.2, -0.15) is 4.31 Å². The van der Waals surface area contributed by atoms with E-state index in [1.54, 1.807) is 42.5 Å². The molecule has 9 heteroatoms. The minimum Gasteiger partial charge on any atom is -0.469 e. The number of carbonyl (C=O) groups excluding carboxylic acids is 2. The fourth-order valence-electron chi connectivity index (χ4n) is 5.78. The smallest absolute Gasteiger partial charge is 0.311 e. The molecule has 2 saturated heterocycles. The summed E-state index contributed by atoms with van der Waals surface area (Å²) >= 11 is 0. The summed E-state index contributed by atoms with van der Waals surface area (Å²) in [5.74, 6) is -2.84. The van der Waals surface area contributed by atoms with Crippen LogP contribution in [-0.4, -0.2) is 57.0 Å². The Bertz CT molecular complexity index is 1380. The Morgan fingerprint density at radius 2 is 1.51 bits per heavy atom. The van der Waals surface area contributed by atoms with E-state index in [1.165, 1.54) is 23.5 Å². The maximum atomic E-state index is 14.4. The van der Waals surface area contributed by atoms with Crippen molar-refractivity contribution in [2.75, 3.05) is 20.3 Å². The van der Waals surface area contributed by atoms with Crippen LogP contribution >= 0.6 is 0 Å². The van der Waals surface area contributed by atoms with Crippen LogP contribution in [0.5, 0.6) is 0 Å². The van der Waals surface area contributed by atoms with Crippen LogP contribution < -0.4 is 5.32 Å². The molecule has 204 valence electrons. The number of hydrogen-bond donors (Lipinski definition) is 1. The number of methoxy groups -OCH3 is 1. The number of benzene rings is 3. The predicted molar refractivity (Wildman–Crippen MR) is 145 cm³/mol. The van der Waals surface area contributed by atoms with Crippen molar-refractivity contribution in [2.24, 2.45) is 5.92 Å². The van der Waals surface area contributed by atoms with E-state index in [0.717, 1.165) is 12.8 Å². The number of carbonyl (C=O) groups is 2. The minimum atomic E-state index is -4.25. The van der Waals surface area contributed by atoms with E-state index in [9.17, 15) is 18.0 Å². The maximum absolute atomic E-state index is 14.4. The molecule has 8 nitrogen and oxygen atoms in total. The number of nitrogens with zero attached hydrogens (tertiary/aromatic N) is 1. The number of ether oxygens (including phenoxy) is 2. The SMILES string of the molecule is COC(=O)C1C(c2ccccc2)C(C(=O)NCC2CCCO2)N(S(=O)(=O)c2ccccc2)C1c1ccccc1. The molecule has 1 amide bonds. The third-order valence-electron chi connectivity index (χ3n) is 7.53. The van der Waals surface area contributed by atoms with Gasteiger partial charge in [0.05, 0.1) is 30.1 Å². The Balaban J connectivity index is 1.70. The van der Waals surface area contributed by atoms with Gasteiger partial charge in [-0.3, -0.25) is 9.59 Å². The Hall–Kier alpha value is -3.53. The van der Waals surface area contributed by atoms with Crippen LogP contribution in [0.2, 0.25) is 0 Å². The van der Waals surface area contributed by atoms with Gasteiger partial charge in [-0.05, 0) is 36.1 Å². The summed E-state index contributed by atoms with van der Waals surface area (Å²) in [4.78, 5) is 27.7. The zero-order valence-corrected chi connectivity index (χ0v) is 22.5. The van der Waals surface area contributed by atoms with Gasteiger partial charge in [-0.15, -0.1) is 0 Å². The molecule has 0 saturated carbocycles. The highest BCUT2D eigenvalue weighted by atomic mass is 32.2. The van der Waals surface area contributed by atoms with Crippen LogP contribution in [0.3, 0.4) is 0 Å². The van der Waals surface area contributed by atoms with Gasteiger partial charge in [0, 0.05) is 19.1 Å². The lowest BCUT2D eigenvalue weighted by molar-refractivity contribution is -0.146. The van der Waals surface area contributed by atoms with Crippen molar-refractivity contribution in [3.8, 4) is 0 Å². The van der Waals surface area contributed by atoms with Crippen LogP contribution in [0.4, 0.5) is 0 Å². The number of esters is 1. The molecule has 0 spiro atoms. The van der Waals surface area contributed by atoms with E-state index in [-0.39, 0.29) is 17.5 Å². The summed E-state index contributed by atoms with van der Waals surface area (Å²) < 4.78 is 41.0. The molecular weight excluding hydrogens is 516 g/mol. The monoisotopic (exact) mass is 548 g/mol. The van der Waals surface area contributed by atoms with Crippen molar-refractivity contribution < 1.29 is 27.5 Å². The normalized spacial score (nSPS) is 25.3. The van der Waals surface area contributed by atoms with E-state index < -0.39 is 45.8 Å². The minimum absolute atomic E-state index is 0.0418. The number of hydrogen-bond acceptors (Lipinski definition) is 6.